The van der Waals surface area contributed by atoms with Gasteiger partial charge in [-0.25, -0.2) is 4.98 Å². The molecule has 1 aromatic heterocycles. The Morgan fingerprint density at radius 3 is 2.65 bits per heavy atom. The Morgan fingerprint density at radius 2 is 1.94 bits per heavy atom. The van der Waals surface area contributed by atoms with Crippen LogP contribution in [0.4, 0.5) is 5.69 Å². The molecule has 0 amide bonds. The van der Waals surface area contributed by atoms with Gasteiger partial charge < -0.3 is 10.7 Å². The highest BCUT2D eigenvalue weighted by Gasteiger charge is 1.99. The van der Waals surface area contributed by atoms with Gasteiger partial charge in [-0.15, -0.1) is 0 Å². The van der Waals surface area contributed by atoms with E-state index in [2.05, 4.69) is 22.1 Å². The topological polar surface area (TPSA) is 71.8 Å². The Morgan fingerprint density at radius 1 is 1.18 bits per heavy atom. The summed E-state index contributed by atoms with van der Waals surface area (Å²) in [6.45, 7) is 0. The Kier molecular flexibility index (Phi) is 3.55. The van der Waals surface area contributed by atoms with Crippen LogP contribution in [-0.4, -0.2) is 9.97 Å². The molecule has 1 heterocycles. The zero-order valence-corrected chi connectivity index (χ0v) is 9.52. The smallest absolute Gasteiger partial charge is 0.274 e. The highest BCUT2D eigenvalue weighted by Crippen LogP contribution is 2.04. The average molecular weight is 229 g/mol. The minimum atomic E-state index is -0.255. The summed E-state index contributed by atoms with van der Waals surface area (Å²) < 4.78 is 0. The van der Waals surface area contributed by atoms with Gasteiger partial charge in [-0.05, 0) is 18.4 Å². The number of aryl methyl sites for hydroxylation is 2. The summed E-state index contributed by atoms with van der Waals surface area (Å²) in [4.78, 5) is 18.0. The van der Waals surface area contributed by atoms with E-state index in [0.29, 0.717) is 5.82 Å². The van der Waals surface area contributed by atoms with Crippen molar-refractivity contribution in [3.05, 3.63) is 58.3 Å². The number of rotatable bonds is 4. The van der Waals surface area contributed by atoms with Crippen LogP contribution < -0.4 is 11.3 Å². The third-order valence-corrected chi connectivity index (χ3v) is 2.60. The summed E-state index contributed by atoms with van der Waals surface area (Å²) in [6, 6.07) is 10.2. The van der Waals surface area contributed by atoms with Crippen molar-refractivity contribution in [1.29, 1.82) is 0 Å². The number of anilines is 1. The van der Waals surface area contributed by atoms with Crippen molar-refractivity contribution >= 4 is 5.69 Å². The number of aromatic nitrogens is 2. The predicted molar refractivity (Wildman–Crippen MR) is 67.7 cm³/mol. The van der Waals surface area contributed by atoms with E-state index < -0.39 is 0 Å². The average Bonchev–Trinajstić information content (AvgIpc) is 2.35. The van der Waals surface area contributed by atoms with Crippen LogP contribution in [0.1, 0.15) is 17.8 Å². The molecule has 0 radical (unpaired) electrons. The van der Waals surface area contributed by atoms with Crippen molar-refractivity contribution in [3.8, 4) is 0 Å². The maximum atomic E-state index is 11.3. The lowest BCUT2D eigenvalue weighted by molar-refractivity contribution is 0.766. The molecule has 0 fully saturated rings. The predicted octanol–water partition coefficient (Wildman–Crippen LogP) is 1.53. The molecule has 1 aromatic carbocycles. The van der Waals surface area contributed by atoms with E-state index in [0.717, 1.165) is 19.3 Å². The van der Waals surface area contributed by atoms with Gasteiger partial charge in [0.1, 0.15) is 11.5 Å². The minimum absolute atomic E-state index is 0.164. The van der Waals surface area contributed by atoms with Gasteiger partial charge in [-0.3, -0.25) is 4.79 Å². The molecule has 4 heteroatoms. The third kappa shape index (κ3) is 3.17. The molecule has 0 atom stereocenters. The molecular weight excluding hydrogens is 214 g/mol. The van der Waals surface area contributed by atoms with E-state index in [1.807, 2.05) is 18.2 Å². The van der Waals surface area contributed by atoms with E-state index in [1.54, 1.807) is 0 Å². The first-order valence-electron chi connectivity index (χ1n) is 5.63. The van der Waals surface area contributed by atoms with Crippen LogP contribution in [0.3, 0.4) is 0 Å². The number of benzene rings is 1. The zero-order chi connectivity index (χ0) is 12.1. The van der Waals surface area contributed by atoms with Crippen molar-refractivity contribution in [2.75, 3.05) is 5.73 Å². The van der Waals surface area contributed by atoms with Crippen molar-refractivity contribution in [2.45, 2.75) is 19.3 Å². The molecule has 0 spiro atoms. The Balaban J connectivity index is 1.90. The van der Waals surface area contributed by atoms with Gasteiger partial charge in [0, 0.05) is 6.42 Å². The quantitative estimate of drug-likeness (QED) is 0.835. The molecule has 0 saturated carbocycles. The normalized spacial score (nSPS) is 10.4. The molecule has 17 heavy (non-hydrogen) atoms. The largest absolute Gasteiger partial charge is 0.393 e. The molecule has 2 aromatic rings. The van der Waals surface area contributed by atoms with Gasteiger partial charge in [0.15, 0.2) is 0 Å². The summed E-state index contributed by atoms with van der Waals surface area (Å²) in [5, 5.41) is 0. The second-order valence-electron chi connectivity index (χ2n) is 3.95. The van der Waals surface area contributed by atoms with Crippen molar-refractivity contribution in [2.24, 2.45) is 0 Å². The Labute approximate surface area is 99.5 Å². The SMILES string of the molecule is Nc1cnc(CCCc2ccccc2)[nH]c1=O. The number of hydrogen-bond donors (Lipinski definition) is 2. The second-order valence-corrected chi connectivity index (χ2v) is 3.95. The lowest BCUT2D eigenvalue weighted by Gasteiger charge is -2.01. The van der Waals surface area contributed by atoms with Crippen LogP contribution in [0.15, 0.2) is 41.3 Å². The molecule has 88 valence electrons. The number of nitrogens with zero attached hydrogens (tertiary/aromatic N) is 1. The summed E-state index contributed by atoms with van der Waals surface area (Å²) in [5.74, 6) is 0.695. The molecule has 0 saturated heterocycles. The number of nitrogen functional groups attached to an aromatic ring is 1. The minimum Gasteiger partial charge on any atom is -0.393 e. The van der Waals surface area contributed by atoms with Crippen molar-refractivity contribution in [3.63, 3.8) is 0 Å². The monoisotopic (exact) mass is 229 g/mol. The number of hydrogen-bond acceptors (Lipinski definition) is 3. The summed E-state index contributed by atoms with van der Waals surface area (Å²) in [6.07, 6.45) is 4.10. The first-order chi connectivity index (χ1) is 8.25. The van der Waals surface area contributed by atoms with Gasteiger partial charge >= 0.3 is 0 Å². The number of nitrogens with one attached hydrogen (secondary N) is 1. The van der Waals surface area contributed by atoms with E-state index in [1.165, 1.54) is 11.8 Å². The fraction of sp³-hybridized carbons (Fsp3) is 0.231. The van der Waals surface area contributed by atoms with Crippen LogP contribution in [0.5, 0.6) is 0 Å². The fourth-order valence-electron chi connectivity index (χ4n) is 1.67. The van der Waals surface area contributed by atoms with Crippen LogP contribution >= 0.6 is 0 Å². The van der Waals surface area contributed by atoms with Crippen molar-refractivity contribution in [1.82, 2.24) is 9.97 Å². The summed E-state index contributed by atoms with van der Waals surface area (Å²) in [7, 11) is 0. The summed E-state index contributed by atoms with van der Waals surface area (Å²) >= 11 is 0. The first kappa shape index (κ1) is 11.4. The maximum absolute atomic E-state index is 11.3. The second kappa shape index (κ2) is 5.30. The van der Waals surface area contributed by atoms with Crippen LogP contribution in [0.25, 0.3) is 0 Å². The first-order valence-corrected chi connectivity index (χ1v) is 5.63. The summed E-state index contributed by atoms with van der Waals surface area (Å²) in [5.41, 5.74) is 6.61. The van der Waals surface area contributed by atoms with Gasteiger partial charge in [-0.2, -0.15) is 0 Å². The van der Waals surface area contributed by atoms with Gasteiger partial charge in [-0.1, -0.05) is 30.3 Å². The molecule has 0 aliphatic rings. The molecule has 0 aliphatic heterocycles. The lowest BCUT2D eigenvalue weighted by atomic mass is 10.1. The number of H-pyrrole nitrogens is 1. The van der Waals surface area contributed by atoms with E-state index >= 15 is 0 Å². The molecule has 0 bridgehead atoms. The van der Waals surface area contributed by atoms with E-state index in [4.69, 9.17) is 5.73 Å². The highest BCUT2D eigenvalue weighted by atomic mass is 16.1. The molecule has 0 unspecified atom stereocenters. The molecule has 4 nitrogen and oxygen atoms in total. The Bertz CT molecular complexity index is 534. The third-order valence-electron chi connectivity index (χ3n) is 2.60. The Hall–Kier alpha value is -2.10. The van der Waals surface area contributed by atoms with Crippen molar-refractivity contribution < 1.29 is 0 Å². The molecular formula is C13H15N3O. The maximum Gasteiger partial charge on any atom is 0.274 e. The van der Waals surface area contributed by atoms with Gasteiger partial charge in [0.25, 0.3) is 5.56 Å². The van der Waals surface area contributed by atoms with E-state index in [9.17, 15) is 4.79 Å². The molecule has 3 N–H and O–H groups in total. The molecule has 0 aliphatic carbocycles. The lowest BCUT2D eigenvalue weighted by Crippen LogP contribution is -2.15. The highest BCUT2D eigenvalue weighted by molar-refractivity contribution is 5.30. The number of aromatic amines is 1. The van der Waals surface area contributed by atoms with Crippen LogP contribution in [0.2, 0.25) is 0 Å². The van der Waals surface area contributed by atoms with E-state index in [-0.39, 0.29) is 11.2 Å². The van der Waals surface area contributed by atoms with Crippen LogP contribution in [0, 0.1) is 0 Å². The fourth-order valence-corrected chi connectivity index (χ4v) is 1.67. The number of nitrogens with two attached hydrogens (primary N) is 1. The van der Waals surface area contributed by atoms with Gasteiger partial charge in [0.2, 0.25) is 0 Å². The zero-order valence-electron chi connectivity index (χ0n) is 9.52. The van der Waals surface area contributed by atoms with Gasteiger partial charge in [0.05, 0.1) is 6.20 Å². The molecule has 2 rings (SSSR count). The van der Waals surface area contributed by atoms with Crippen LogP contribution in [-0.2, 0) is 12.8 Å². The standard InChI is InChI=1S/C13H15N3O/c14-11-9-15-12(16-13(11)17)8-4-7-10-5-2-1-3-6-10/h1-3,5-6,9H,4,7-8,14H2,(H,15,16,17).